The molecule has 3 unspecified atom stereocenters. The Morgan fingerprint density at radius 1 is 1.37 bits per heavy atom. The molecule has 0 spiro atoms. The molecule has 4 nitrogen and oxygen atoms in total. The highest BCUT2D eigenvalue weighted by Crippen LogP contribution is 2.27. The fourth-order valence-electron chi connectivity index (χ4n) is 3.41. The lowest BCUT2D eigenvalue weighted by molar-refractivity contribution is -0.135. The zero-order valence-corrected chi connectivity index (χ0v) is 12.9. The summed E-state index contributed by atoms with van der Waals surface area (Å²) < 4.78 is 0. The molecule has 0 aromatic carbocycles. The molecular weight excluding hydrogens is 238 g/mol. The van der Waals surface area contributed by atoms with E-state index in [9.17, 15) is 4.79 Å². The smallest absolute Gasteiger partial charge is 0.244 e. The summed E-state index contributed by atoms with van der Waals surface area (Å²) in [6.07, 6.45) is 4.65. The first kappa shape index (κ1) is 14.8. The molecule has 2 saturated heterocycles. The van der Waals surface area contributed by atoms with Gasteiger partial charge in [0.2, 0.25) is 5.91 Å². The van der Waals surface area contributed by atoms with Crippen LogP contribution in [0.3, 0.4) is 0 Å². The Balaban J connectivity index is 2.05. The van der Waals surface area contributed by atoms with Crippen molar-refractivity contribution in [1.29, 1.82) is 0 Å². The Labute approximate surface area is 117 Å². The van der Waals surface area contributed by atoms with Gasteiger partial charge in [-0.3, -0.25) is 10.1 Å². The zero-order chi connectivity index (χ0) is 14.0. The van der Waals surface area contributed by atoms with Crippen LogP contribution < -0.4 is 5.32 Å². The van der Waals surface area contributed by atoms with E-state index < -0.39 is 0 Å². The van der Waals surface area contributed by atoms with Gasteiger partial charge < -0.3 is 9.80 Å². The monoisotopic (exact) mass is 267 g/mol. The van der Waals surface area contributed by atoms with Crippen molar-refractivity contribution in [3.05, 3.63) is 0 Å². The second-order valence-corrected chi connectivity index (χ2v) is 6.32. The highest BCUT2D eigenvalue weighted by molar-refractivity contribution is 5.88. The predicted molar refractivity (Wildman–Crippen MR) is 77.9 cm³/mol. The van der Waals surface area contributed by atoms with Crippen molar-refractivity contribution in [1.82, 2.24) is 15.1 Å². The molecule has 3 atom stereocenters. The van der Waals surface area contributed by atoms with Gasteiger partial charge in [-0.2, -0.15) is 0 Å². The average molecular weight is 267 g/mol. The van der Waals surface area contributed by atoms with Gasteiger partial charge in [-0.25, -0.2) is 0 Å². The van der Waals surface area contributed by atoms with Crippen LogP contribution in [-0.4, -0.2) is 53.1 Å². The minimum Gasteiger partial charge on any atom is -0.322 e. The quantitative estimate of drug-likeness (QED) is 0.825. The van der Waals surface area contributed by atoms with Crippen molar-refractivity contribution in [2.24, 2.45) is 0 Å². The summed E-state index contributed by atoms with van der Waals surface area (Å²) in [5.74, 6) is 0.286. The zero-order valence-electron chi connectivity index (χ0n) is 12.9. The van der Waals surface area contributed by atoms with Gasteiger partial charge in [0.15, 0.2) is 0 Å². The molecule has 2 rings (SSSR count). The van der Waals surface area contributed by atoms with Crippen molar-refractivity contribution in [2.75, 3.05) is 19.6 Å². The van der Waals surface area contributed by atoms with E-state index in [1.165, 1.54) is 25.9 Å². The van der Waals surface area contributed by atoms with Crippen molar-refractivity contribution in [3.8, 4) is 0 Å². The summed E-state index contributed by atoms with van der Waals surface area (Å²) in [5, 5.41) is 3.53. The van der Waals surface area contributed by atoms with Gasteiger partial charge in [-0.15, -0.1) is 0 Å². The van der Waals surface area contributed by atoms with E-state index in [2.05, 4.69) is 35.9 Å². The molecule has 2 fully saturated rings. The molecule has 0 aromatic heterocycles. The molecule has 4 heteroatoms. The highest BCUT2D eigenvalue weighted by Gasteiger charge is 2.47. The molecule has 2 aliphatic rings. The summed E-state index contributed by atoms with van der Waals surface area (Å²) in [5.41, 5.74) is -0.361. The third kappa shape index (κ3) is 2.79. The number of amides is 1. The van der Waals surface area contributed by atoms with Crippen molar-refractivity contribution >= 4 is 5.91 Å². The number of hydrogen-bond donors (Lipinski definition) is 1. The summed E-state index contributed by atoms with van der Waals surface area (Å²) in [6, 6.07) is 0.302. The van der Waals surface area contributed by atoms with E-state index >= 15 is 0 Å². The van der Waals surface area contributed by atoms with Gasteiger partial charge in [0, 0.05) is 12.6 Å². The lowest BCUT2D eigenvalue weighted by Crippen LogP contribution is -2.48. The molecular formula is C15H29N3O. The average Bonchev–Trinajstić information content (AvgIpc) is 2.97. The predicted octanol–water partition coefficient (Wildman–Crippen LogP) is 1.81. The van der Waals surface area contributed by atoms with Crippen LogP contribution in [0.5, 0.6) is 0 Å². The minimum atomic E-state index is -0.361. The molecule has 1 N–H and O–H groups in total. The summed E-state index contributed by atoms with van der Waals surface area (Å²) in [4.78, 5) is 17.3. The van der Waals surface area contributed by atoms with Crippen LogP contribution in [0, 0.1) is 0 Å². The number of carbonyl (C=O) groups is 1. The maximum absolute atomic E-state index is 12.7. The van der Waals surface area contributed by atoms with Gasteiger partial charge >= 0.3 is 0 Å². The fourth-order valence-corrected chi connectivity index (χ4v) is 3.41. The normalized spacial score (nSPS) is 34.2. The Morgan fingerprint density at radius 3 is 2.53 bits per heavy atom. The van der Waals surface area contributed by atoms with Crippen LogP contribution in [0.4, 0.5) is 0 Å². The lowest BCUT2D eigenvalue weighted by Gasteiger charge is -2.32. The van der Waals surface area contributed by atoms with Gasteiger partial charge in [-0.05, 0) is 52.6 Å². The van der Waals surface area contributed by atoms with E-state index in [0.717, 1.165) is 19.4 Å². The maximum atomic E-state index is 12.7. The molecule has 2 aliphatic heterocycles. The molecule has 2 heterocycles. The molecule has 1 amide bonds. The first-order valence-electron chi connectivity index (χ1n) is 7.84. The Morgan fingerprint density at radius 2 is 2.00 bits per heavy atom. The topological polar surface area (TPSA) is 35.6 Å². The highest BCUT2D eigenvalue weighted by atomic mass is 16.2. The van der Waals surface area contributed by atoms with Gasteiger partial charge in [-0.1, -0.05) is 13.8 Å². The second-order valence-electron chi connectivity index (χ2n) is 6.32. The van der Waals surface area contributed by atoms with Crippen LogP contribution in [0.1, 0.15) is 53.4 Å². The van der Waals surface area contributed by atoms with Crippen LogP contribution in [0.2, 0.25) is 0 Å². The SMILES string of the molecule is CCC1NC(C)(CC)C(=O)N1C(C)CN1CCCC1. The first-order chi connectivity index (χ1) is 9.01. The minimum absolute atomic E-state index is 0.204. The third-order valence-corrected chi connectivity index (χ3v) is 4.82. The number of rotatable bonds is 5. The van der Waals surface area contributed by atoms with E-state index in [0.29, 0.717) is 6.04 Å². The number of likely N-dealkylation sites (tertiary alicyclic amines) is 1. The second kappa shape index (κ2) is 5.80. The number of carbonyl (C=O) groups excluding carboxylic acids is 1. The van der Waals surface area contributed by atoms with E-state index in [1.807, 2.05) is 6.92 Å². The summed E-state index contributed by atoms with van der Waals surface area (Å²) in [7, 11) is 0. The molecule has 19 heavy (non-hydrogen) atoms. The Bertz CT molecular complexity index is 327. The van der Waals surface area contributed by atoms with Gasteiger partial charge in [0.25, 0.3) is 0 Å². The van der Waals surface area contributed by atoms with E-state index in [4.69, 9.17) is 0 Å². The number of hydrogen-bond acceptors (Lipinski definition) is 3. The van der Waals surface area contributed by atoms with Crippen LogP contribution >= 0.6 is 0 Å². The van der Waals surface area contributed by atoms with E-state index in [-0.39, 0.29) is 17.6 Å². The maximum Gasteiger partial charge on any atom is 0.244 e. The summed E-state index contributed by atoms with van der Waals surface area (Å²) in [6.45, 7) is 11.9. The largest absolute Gasteiger partial charge is 0.322 e. The molecule has 110 valence electrons. The molecule has 0 saturated carbocycles. The van der Waals surface area contributed by atoms with Crippen molar-refractivity contribution < 1.29 is 4.79 Å². The van der Waals surface area contributed by atoms with E-state index in [1.54, 1.807) is 0 Å². The third-order valence-electron chi connectivity index (χ3n) is 4.82. The van der Waals surface area contributed by atoms with Crippen LogP contribution in [0.15, 0.2) is 0 Å². The Kier molecular flexibility index (Phi) is 4.51. The van der Waals surface area contributed by atoms with Gasteiger partial charge in [0.05, 0.1) is 11.7 Å². The standard InChI is InChI=1S/C15H29N3O/c1-5-13-16-15(4,6-2)14(19)18(13)12(3)11-17-9-7-8-10-17/h12-13,16H,5-11H2,1-4H3. The van der Waals surface area contributed by atoms with Crippen molar-refractivity contribution in [3.63, 3.8) is 0 Å². The molecule has 0 bridgehead atoms. The summed E-state index contributed by atoms with van der Waals surface area (Å²) >= 11 is 0. The lowest BCUT2D eigenvalue weighted by atomic mass is 9.99. The fraction of sp³-hybridized carbons (Fsp3) is 0.933. The molecule has 0 radical (unpaired) electrons. The van der Waals surface area contributed by atoms with Crippen LogP contribution in [0.25, 0.3) is 0 Å². The Hall–Kier alpha value is -0.610. The van der Waals surface area contributed by atoms with Crippen LogP contribution in [-0.2, 0) is 4.79 Å². The molecule has 0 aromatic rings. The number of nitrogens with zero attached hydrogens (tertiary/aromatic N) is 2. The first-order valence-corrected chi connectivity index (χ1v) is 7.84. The molecule has 0 aliphatic carbocycles. The van der Waals surface area contributed by atoms with Crippen molar-refractivity contribution in [2.45, 2.75) is 71.1 Å². The number of nitrogens with one attached hydrogen (secondary N) is 1. The van der Waals surface area contributed by atoms with Gasteiger partial charge in [0.1, 0.15) is 0 Å².